The SMILES string of the molecule is CCCNC(=O)C1COCCN1c1nc(Cl)ncc1Cl. The van der Waals surface area contributed by atoms with Crippen LogP contribution in [0.2, 0.25) is 10.3 Å². The van der Waals surface area contributed by atoms with E-state index < -0.39 is 6.04 Å². The summed E-state index contributed by atoms with van der Waals surface area (Å²) < 4.78 is 5.38. The molecule has 1 amide bonds. The molecule has 1 N–H and O–H groups in total. The highest BCUT2D eigenvalue weighted by molar-refractivity contribution is 6.33. The lowest BCUT2D eigenvalue weighted by molar-refractivity contribution is -0.124. The summed E-state index contributed by atoms with van der Waals surface area (Å²) in [5, 5.41) is 3.32. The molecule has 1 aromatic rings. The fourth-order valence-corrected chi connectivity index (χ4v) is 2.31. The summed E-state index contributed by atoms with van der Waals surface area (Å²) in [5.74, 6) is 0.365. The van der Waals surface area contributed by atoms with Gasteiger partial charge in [0.05, 0.1) is 19.4 Å². The molecule has 1 saturated heterocycles. The summed E-state index contributed by atoms with van der Waals surface area (Å²) in [7, 11) is 0. The first kappa shape index (κ1) is 15.3. The van der Waals surface area contributed by atoms with Gasteiger partial charge in [-0.15, -0.1) is 0 Å². The van der Waals surface area contributed by atoms with Crippen LogP contribution in [0.1, 0.15) is 13.3 Å². The molecule has 1 unspecified atom stereocenters. The van der Waals surface area contributed by atoms with E-state index in [9.17, 15) is 4.79 Å². The van der Waals surface area contributed by atoms with E-state index in [2.05, 4.69) is 15.3 Å². The minimum atomic E-state index is -0.459. The molecule has 8 heteroatoms. The summed E-state index contributed by atoms with van der Waals surface area (Å²) in [5.41, 5.74) is 0. The molecule has 0 aromatic carbocycles. The van der Waals surface area contributed by atoms with E-state index in [1.54, 1.807) is 0 Å². The van der Waals surface area contributed by atoms with E-state index in [4.69, 9.17) is 27.9 Å². The van der Waals surface area contributed by atoms with E-state index in [1.165, 1.54) is 6.20 Å². The fraction of sp³-hybridized carbons (Fsp3) is 0.583. The Morgan fingerprint density at radius 2 is 2.40 bits per heavy atom. The number of amides is 1. The fourth-order valence-electron chi connectivity index (χ4n) is 1.98. The lowest BCUT2D eigenvalue weighted by Gasteiger charge is -2.35. The number of nitrogens with one attached hydrogen (secondary N) is 1. The van der Waals surface area contributed by atoms with Gasteiger partial charge in [0.2, 0.25) is 11.2 Å². The minimum Gasteiger partial charge on any atom is -0.377 e. The number of nitrogens with zero attached hydrogens (tertiary/aromatic N) is 3. The van der Waals surface area contributed by atoms with Gasteiger partial charge < -0.3 is 15.0 Å². The molecule has 2 rings (SSSR count). The molecule has 1 aliphatic heterocycles. The van der Waals surface area contributed by atoms with Crippen LogP contribution < -0.4 is 10.2 Å². The van der Waals surface area contributed by atoms with Crippen LogP contribution in [0, 0.1) is 0 Å². The largest absolute Gasteiger partial charge is 0.377 e. The number of rotatable bonds is 4. The third-order valence-corrected chi connectivity index (χ3v) is 3.40. The molecule has 20 heavy (non-hydrogen) atoms. The van der Waals surface area contributed by atoms with Crippen LogP contribution in [0.5, 0.6) is 0 Å². The first-order valence-electron chi connectivity index (χ1n) is 6.43. The maximum Gasteiger partial charge on any atom is 0.245 e. The first-order chi connectivity index (χ1) is 9.63. The van der Waals surface area contributed by atoms with Crippen molar-refractivity contribution in [2.45, 2.75) is 19.4 Å². The molecule has 1 atom stereocenters. The van der Waals surface area contributed by atoms with Gasteiger partial charge in [0, 0.05) is 13.1 Å². The van der Waals surface area contributed by atoms with E-state index in [-0.39, 0.29) is 11.2 Å². The minimum absolute atomic E-state index is 0.0997. The molecule has 0 bridgehead atoms. The summed E-state index contributed by atoms with van der Waals surface area (Å²) in [6, 6.07) is -0.459. The molecule has 0 radical (unpaired) electrons. The number of morpholine rings is 1. The lowest BCUT2D eigenvalue weighted by atomic mass is 10.2. The molecule has 2 heterocycles. The van der Waals surface area contributed by atoms with Crippen molar-refractivity contribution in [3.63, 3.8) is 0 Å². The number of halogens is 2. The van der Waals surface area contributed by atoms with Gasteiger partial charge in [0.1, 0.15) is 11.1 Å². The molecule has 1 fully saturated rings. The number of anilines is 1. The average molecular weight is 319 g/mol. The van der Waals surface area contributed by atoms with E-state index in [1.807, 2.05) is 11.8 Å². The summed E-state index contributed by atoms with van der Waals surface area (Å²) in [4.78, 5) is 21.9. The Morgan fingerprint density at radius 1 is 1.60 bits per heavy atom. The van der Waals surface area contributed by atoms with Crippen molar-refractivity contribution in [3.05, 3.63) is 16.5 Å². The number of hydrogen-bond donors (Lipinski definition) is 1. The number of carbonyl (C=O) groups excluding carboxylic acids is 1. The smallest absolute Gasteiger partial charge is 0.245 e. The summed E-state index contributed by atoms with van der Waals surface area (Å²) >= 11 is 11.9. The Hall–Kier alpha value is -1.11. The maximum atomic E-state index is 12.2. The molecular weight excluding hydrogens is 303 g/mol. The number of aromatic nitrogens is 2. The normalized spacial score (nSPS) is 18.9. The van der Waals surface area contributed by atoms with Crippen LogP contribution in [-0.4, -0.2) is 48.2 Å². The molecular formula is C12H16Cl2N4O2. The summed E-state index contributed by atoms with van der Waals surface area (Å²) in [6.07, 6.45) is 2.31. The zero-order valence-electron chi connectivity index (χ0n) is 11.1. The maximum absolute atomic E-state index is 12.2. The van der Waals surface area contributed by atoms with Crippen molar-refractivity contribution in [1.29, 1.82) is 0 Å². The van der Waals surface area contributed by atoms with Gasteiger partial charge in [-0.25, -0.2) is 4.98 Å². The van der Waals surface area contributed by atoms with E-state index >= 15 is 0 Å². The van der Waals surface area contributed by atoms with E-state index in [0.29, 0.717) is 37.1 Å². The van der Waals surface area contributed by atoms with Crippen molar-refractivity contribution in [3.8, 4) is 0 Å². The quantitative estimate of drug-likeness (QED) is 0.852. The van der Waals surface area contributed by atoms with Crippen molar-refractivity contribution in [2.75, 3.05) is 31.2 Å². The highest BCUT2D eigenvalue weighted by Gasteiger charge is 2.31. The molecule has 0 saturated carbocycles. The second-order valence-corrected chi connectivity index (χ2v) is 5.13. The van der Waals surface area contributed by atoms with Gasteiger partial charge >= 0.3 is 0 Å². The zero-order valence-corrected chi connectivity index (χ0v) is 12.6. The van der Waals surface area contributed by atoms with Crippen LogP contribution in [0.3, 0.4) is 0 Å². The highest BCUT2D eigenvalue weighted by Crippen LogP contribution is 2.26. The van der Waals surface area contributed by atoms with Crippen molar-refractivity contribution < 1.29 is 9.53 Å². The Morgan fingerprint density at radius 3 is 3.15 bits per heavy atom. The Bertz CT molecular complexity index is 487. The van der Waals surface area contributed by atoms with Crippen LogP contribution in [0.25, 0.3) is 0 Å². The van der Waals surface area contributed by atoms with Gasteiger partial charge in [-0.2, -0.15) is 4.98 Å². The standard InChI is InChI=1S/C12H16Cl2N4O2/c1-2-3-15-11(19)9-7-20-5-4-18(9)10-8(13)6-16-12(14)17-10/h6,9H,2-5,7H2,1H3,(H,15,19). The van der Waals surface area contributed by atoms with Gasteiger partial charge in [-0.3, -0.25) is 4.79 Å². The average Bonchev–Trinajstić information content (AvgIpc) is 2.47. The molecule has 6 nitrogen and oxygen atoms in total. The van der Waals surface area contributed by atoms with E-state index in [0.717, 1.165) is 6.42 Å². The third kappa shape index (κ3) is 3.50. The molecule has 1 aromatic heterocycles. The third-order valence-electron chi connectivity index (χ3n) is 2.95. The topological polar surface area (TPSA) is 67.3 Å². The van der Waals surface area contributed by atoms with Gasteiger partial charge in [0.15, 0.2) is 5.82 Å². The lowest BCUT2D eigenvalue weighted by Crippen LogP contribution is -2.54. The van der Waals surface area contributed by atoms with Crippen LogP contribution in [-0.2, 0) is 9.53 Å². The van der Waals surface area contributed by atoms with Crippen molar-refractivity contribution in [2.24, 2.45) is 0 Å². The van der Waals surface area contributed by atoms with Gasteiger partial charge in [-0.05, 0) is 18.0 Å². The van der Waals surface area contributed by atoms with Crippen molar-refractivity contribution >= 4 is 34.9 Å². The highest BCUT2D eigenvalue weighted by atomic mass is 35.5. The molecule has 0 aliphatic carbocycles. The number of hydrogen-bond acceptors (Lipinski definition) is 5. The van der Waals surface area contributed by atoms with Gasteiger partial charge in [0.25, 0.3) is 0 Å². The molecule has 1 aliphatic rings. The Kier molecular flexibility index (Phi) is 5.39. The predicted octanol–water partition coefficient (Wildman–Crippen LogP) is 1.51. The Balaban J connectivity index is 2.22. The second kappa shape index (κ2) is 7.06. The van der Waals surface area contributed by atoms with Gasteiger partial charge in [-0.1, -0.05) is 18.5 Å². The number of carbonyl (C=O) groups is 1. The molecule has 0 spiro atoms. The zero-order chi connectivity index (χ0) is 14.5. The van der Waals surface area contributed by atoms with Crippen LogP contribution in [0.4, 0.5) is 5.82 Å². The summed E-state index contributed by atoms with van der Waals surface area (Å²) in [6.45, 7) is 3.96. The van der Waals surface area contributed by atoms with Crippen LogP contribution >= 0.6 is 23.2 Å². The monoisotopic (exact) mass is 318 g/mol. The molecule has 110 valence electrons. The number of ether oxygens (including phenoxy) is 1. The Labute approximate surface area is 127 Å². The predicted molar refractivity (Wildman–Crippen MR) is 77.3 cm³/mol. The van der Waals surface area contributed by atoms with Crippen molar-refractivity contribution in [1.82, 2.24) is 15.3 Å². The first-order valence-corrected chi connectivity index (χ1v) is 7.19. The second-order valence-electron chi connectivity index (χ2n) is 4.39. The van der Waals surface area contributed by atoms with Crippen LogP contribution in [0.15, 0.2) is 6.20 Å².